The molecule has 15 heavy (non-hydrogen) atoms. The van der Waals surface area contributed by atoms with Crippen LogP contribution in [0.1, 0.15) is 47.0 Å². The lowest BCUT2D eigenvalue weighted by Crippen LogP contribution is -2.44. The maximum absolute atomic E-state index is 3.35. The number of hydrogen-bond donors (Lipinski definition) is 1. The second-order valence-electron chi connectivity index (χ2n) is 5.44. The van der Waals surface area contributed by atoms with E-state index in [1.54, 1.807) is 0 Å². The van der Waals surface area contributed by atoms with Gasteiger partial charge in [-0.2, -0.15) is 0 Å². The van der Waals surface area contributed by atoms with Crippen molar-refractivity contribution in [3.8, 4) is 0 Å². The Hall–Kier alpha value is -0.0800. The largest absolute Gasteiger partial charge is 0.317 e. The van der Waals surface area contributed by atoms with Gasteiger partial charge >= 0.3 is 0 Å². The number of nitrogens with zero attached hydrogens (tertiary/aromatic N) is 1. The number of unbranched alkanes of at least 4 members (excludes halogenated alkanes) is 2. The van der Waals surface area contributed by atoms with Crippen molar-refractivity contribution in [3.63, 3.8) is 0 Å². The molecule has 0 aliphatic heterocycles. The van der Waals surface area contributed by atoms with Gasteiger partial charge in [-0.1, -0.05) is 33.6 Å². The summed E-state index contributed by atoms with van der Waals surface area (Å²) in [5, 5.41) is 3.35. The molecular weight excluding hydrogens is 184 g/mol. The van der Waals surface area contributed by atoms with Crippen LogP contribution in [0.4, 0.5) is 0 Å². The van der Waals surface area contributed by atoms with E-state index in [0.29, 0.717) is 11.5 Å². The molecule has 0 fully saturated rings. The van der Waals surface area contributed by atoms with Crippen LogP contribution in [-0.4, -0.2) is 38.1 Å². The Labute approximate surface area is 96.4 Å². The maximum atomic E-state index is 3.35. The third-order valence-corrected chi connectivity index (χ3v) is 3.43. The van der Waals surface area contributed by atoms with Crippen molar-refractivity contribution in [2.75, 3.05) is 27.2 Å². The fourth-order valence-corrected chi connectivity index (χ4v) is 1.93. The SMILES string of the molecule is CCCCCN(C)CC(C)(C)C(C)NC. The molecule has 1 unspecified atom stereocenters. The van der Waals surface area contributed by atoms with E-state index in [2.05, 4.69) is 45.0 Å². The predicted octanol–water partition coefficient (Wildman–Crippen LogP) is 2.74. The van der Waals surface area contributed by atoms with Gasteiger partial charge in [0.1, 0.15) is 0 Å². The summed E-state index contributed by atoms with van der Waals surface area (Å²) < 4.78 is 0. The van der Waals surface area contributed by atoms with E-state index in [1.807, 2.05) is 7.05 Å². The molecule has 0 saturated heterocycles. The van der Waals surface area contributed by atoms with Gasteiger partial charge in [0.2, 0.25) is 0 Å². The molecule has 0 amide bonds. The average Bonchev–Trinajstić information content (AvgIpc) is 2.16. The highest BCUT2D eigenvalue weighted by Crippen LogP contribution is 2.21. The third kappa shape index (κ3) is 6.16. The molecule has 1 N–H and O–H groups in total. The van der Waals surface area contributed by atoms with Crippen molar-refractivity contribution in [2.45, 2.75) is 53.0 Å². The average molecular weight is 214 g/mol. The Balaban J connectivity index is 3.87. The molecule has 0 aliphatic carbocycles. The first-order chi connectivity index (χ1) is 6.94. The van der Waals surface area contributed by atoms with Gasteiger partial charge < -0.3 is 10.2 Å². The smallest absolute Gasteiger partial charge is 0.00991 e. The highest BCUT2D eigenvalue weighted by atomic mass is 15.1. The molecule has 0 saturated carbocycles. The minimum atomic E-state index is 0.343. The van der Waals surface area contributed by atoms with Gasteiger partial charge in [-0.15, -0.1) is 0 Å². The van der Waals surface area contributed by atoms with Gasteiger partial charge in [0, 0.05) is 12.6 Å². The van der Waals surface area contributed by atoms with E-state index < -0.39 is 0 Å². The Morgan fingerprint density at radius 2 is 1.87 bits per heavy atom. The Morgan fingerprint density at radius 1 is 1.27 bits per heavy atom. The van der Waals surface area contributed by atoms with Gasteiger partial charge in [-0.25, -0.2) is 0 Å². The van der Waals surface area contributed by atoms with Crippen LogP contribution in [0, 0.1) is 5.41 Å². The van der Waals surface area contributed by atoms with Gasteiger partial charge in [0.25, 0.3) is 0 Å². The third-order valence-electron chi connectivity index (χ3n) is 3.43. The molecule has 0 aliphatic rings. The van der Waals surface area contributed by atoms with E-state index in [0.717, 1.165) is 0 Å². The summed E-state index contributed by atoms with van der Waals surface area (Å²) in [5.74, 6) is 0. The summed E-state index contributed by atoms with van der Waals surface area (Å²) in [6.07, 6.45) is 3.99. The van der Waals surface area contributed by atoms with Gasteiger partial charge in [0.05, 0.1) is 0 Å². The monoisotopic (exact) mass is 214 g/mol. The van der Waals surface area contributed by atoms with Crippen LogP contribution < -0.4 is 5.32 Å². The Morgan fingerprint density at radius 3 is 2.33 bits per heavy atom. The quantitative estimate of drug-likeness (QED) is 0.625. The van der Waals surface area contributed by atoms with Crippen LogP contribution in [-0.2, 0) is 0 Å². The number of hydrogen-bond acceptors (Lipinski definition) is 2. The molecular formula is C13H30N2. The molecule has 0 aromatic heterocycles. The van der Waals surface area contributed by atoms with Crippen LogP contribution in [0.5, 0.6) is 0 Å². The van der Waals surface area contributed by atoms with Crippen LogP contribution in [0.15, 0.2) is 0 Å². The van der Waals surface area contributed by atoms with E-state index in [-0.39, 0.29) is 0 Å². The van der Waals surface area contributed by atoms with E-state index in [1.165, 1.54) is 32.4 Å². The van der Waals surface area contributed by atoms with Crippen LogP contribution in [0.2, 0.25) is 0 Å². The molecule has 0 heterocycles. The molecule has 0 aromatic rings. The van der Waals surface area contributed by atoms with Gasteiger partial charge in [-0.3, -0.25) is 0 Å². The van der Waals surface area contributed by atoms with E-state index >= 15 is 0 Å². The zero-order chi connectivity index (χ0) is 11.9. The lowest BCUT2D eigenvalue weighted by molar-refractivity contribution is 0.167. The molecule has 0 spiro atoms. The first-order valence-electron chi connectivity index (χ1n) is 6.30. The van der Waals surface area contributed by atoms with E-state index in [4.69, 9.17) is 0 Å². The molecule has 2 nitrogen and oxygen atoms in total. The minimum Gasteiger partial charge on any atom is -0.317 e. The predicted molar refractivity (Wildman–Crippen MR) is 69.3 cm³/mol. The first kappa shape index (κ1) is 14.9. The zero-order valence-corrected chi connectivity index (χ0v) is 11.6. The lowest BCUT2D eigenvalue weighted by Gasteiger charge is -2.35. The molecule has 0 aromatic carbocycles. The number of nitrogens with one attached hydrogen (secondary N) is 1. The van der Waals surface area contributed by atoms with Crippen molar-refractivity contribution in [1.82, 2.24) is 10.2 Å². The van der Waals surface area contributed by atoms with Crippen molar-refractivity contribution in [3.05, 3.63) is 0 Å². The summed E-state index contributed by atoms with van der Waals surface area (Å²) in [7, 11) is 4.28. The normalized spacial score (nSPS) is 14.6. The second-order valence-corrected chi connectivity index (χ2v) is 5.44. The van der Waals surface area contributed by atoms with E-state index in [9.17, 15) is 0 Å². The highest BCUT2D eigenvalue weighted by molar-refractivity contribution is 4.82. The standard InChI is InChI=1S/C13H30N2/c1-7-8-9-10-15(6)11-13(3,4)12(2)14-5/h12,14H,7-11H2,1-6H3. The van der Waals surface area contributed by atoms with Crippen LogP contribution in [0.3, 0.4) is 0 Å². The van der Waals surface area contributed by atoms with Crippen LogP contribution >= 0.6 is 0 Å². The molecule has 92 valence electrons. The Bertz CT molecular complexity index is 155. The van der Waals surface area contributed by atoms with Crippen LogP contribution in [0.25, 0.3) is 0 Å². The van der Waals surface area contributed by atoms with Crippen molar-refractivity contribution >= 4 is 0 Å². The summed E-state index contributed by atoms with van der Waals surface area (Å²) >= 11 is 0. The zero-order valence-electron chi connectivity index (χ0n) is 11.6. The maximum Gasteiger partial charge on any atom is 0.00991 e. The number of rotatable bonds is 8. The van der Waals surface area contributed by atoms with Gasteiger partial charge in [-0.05, 0) is 39.4 Å². The lowest BCUT2D eigenvalue weighted by atomic mass is 9.85. The molecule has 0 rings (SSSR count). The summed E-state index contributed by atoms with van der Waals surface area (Å²) in [4.78, 5) is 2.46. The summed E-state index contributed by atoms with van der Waals surface area (Å²) in [6, 6.07) is 0.561. The molecule has 2 heteroatoms. The van der Waals surface area contributed by atoms with Gasteiger partial charge in [0.15, 0.2) is 0 Å². The minimum absolute atomic E-state index is 0.343. The summed E-state index contributed by atoms with van der Waals surface area (Å²) in [5.41, 5.74) is 0.343. The van der Waals surface area contributed by atoms with Crippen molar-refractivity contribution in [1.29, 1.82) is 0 Å². The summed E-state index contributed by atoms with van der Waals surface area (Å²) in [6.45, 7) is 11.6. The fourth-order valence-electron chi connectivity index (χ4n) is 1.93. The Kier molecular flexibility index (Phi) is 7.20. The molecule has 0 bridgehead atoms. The second kappa shape index (κ2) is 7.24. The highest BCUT2D eigenvalue weighted by Gasteiger charge is 2.25. The topological polar surface area (TPSA) is 15.3 Å². The molecule has 1 atom stereocenters. The first-order valence-corrected chi connectivity index (χ1v) is 6.30. The van der Waals surface area contributed by atoms with Crippen molar-refractivity contribution in [2.24, 2.45) is 5.41 Å². The molecule has 0 radical (unpaired) electrons. The van der Waals surface area contributed by atoms with Crippen molar-refractivity contribution < 1.29 is 0 Å². The fraction of sp³-hybridized carbons (Fsp3) is 1.00.